The maximum atomic E-state index is 13.3. The van der Waals surface area contributed by atoms with Crippen LogP contribution in [0.3, 0.4) is 0 Å². The molecule has 1 atom stereocenters. The molecule has 164 valence electrons. The fourth-order valence-corrected chi connectivity index (χ4v) is 4.10. The average Bonchev–Trinajstić information content (AvgIpc) is 3.15. The molecule has 2 heterocycles. The van der Waals surface area contributed by atoms with Gasteiger partial charge in [-0.25, -0.2) is 9.36 Å². The van der Waals surface area contributed by atoms with Gasteiger partial charge in [0.25, 0.3) is 5.56 Å². The number of benzene rings is 2. The summed E-state index contributed by atoms with van der Waals surface area (Å²) in [5.74, 6) is -0.292. The number of fused-ring (bicyclic) bond motifs is 1. The quantitative estimate of drug-likeness (QED) is 0.480. The smallest absolute Gasteiger partial charge is 0.295 e. The van der Waals surface area contributed by atoms with Crippen LogP contribution in [0.1, 0.15) is 36.3 Å². The normalized spacial score (nSPS) is 12.1. The summed E-state index contributed by atoms with van der Waals surface area (Å²) in [7, 11) is 0. The molecule has 1 amide bonds. The first kappa shape index (κ1) is 21.8. The van der Waals surface area contributed by atoms with E-state index in [1.807, 2.05) is 69.3 Å². The number of hydrogen-bond donors (Lipinski definition) is 1. The Labute approximate surface area is 190 Å². The Morgan fingerprint density at radius 1 is 1.06 bits per heavy atom. The maximum absolute atomic E-state index is 13.3. The van der Waals surface area contributed by atoms with Crippen LogP contribution >= 0.6 is 11.6 Å². The molecular formula is C24H24ClN5O2. The minimum Gasteiger partial charge on any atom is -0.350 e. The SMILES string of the molecule is CC[C@H](C(=O)NCc1ccccc1Cl)n1nc(C)c2c(C)n(-c3ccccc3)nc2c1=O. The third kappa shape index (κ3) is 3.91. The Bertz CT molecular complexity index is 1340. The summed E-state index contributed by atoms with van der Waals surface area (Å²) in [5.41, 5.74) is 3.06. The van der Waals surface area contributed by atoms with Crippen molar-refractivity contribution in [3.05, 3.63) is 86.9 Å². The third-order valence-electron chi connectivity index (χ3n) is 5.54. The summed E-state index contributed by atoms with van der Waals surface area (Å²) >= 11 is 6.19. The number of aryl methyl sites for hydroxylation is 2. The Morgan fingerprint density at radius 3 is 2.44 bits per heavy atom. The first-order valence-corrected chi connectivity index (χ1v) is 10.9. The van der Waals surface area contributed by atoms with Crippen LogP contribution < -0.4 is 10.9 Å². The molecule has 1 N–H and O–H groups in total. The highest BCUT2D eigenvalue weighted by atomic mass is 35.5. The Hall–Kier alpha value is -3.45. The van der Waals surface area contributed by atoms with Gasteiger partial charge in [-0.3, -0.25) is 9.59 Å². The van der Waals surface area contributed by atoms with Crippen LogP contribution in [-0.4, -0.2) is 25.5 Å². The molecule has 0 aliphatic carbocycles. The van der Waals surface area contributed by atoms with E-state index in [1.165, 1.54) is 4.68 Å². The molecule has 0 aliphatic rings. The number of aromatic nitrogens is 4. The van der Waals surface area contributed by atoms with E-state index >= 15 is 0 Å². The third-order valence-corrected chi connectivity index (χ3v) is 5.91. The first-order chi connectivity index (χ1) is 15.4. The van der Waals surface area contributed by atoms with Gasteiger partial charge in [-0.15, -0.1) is 0 Å². The predicted molar refractivity (Wildman–Crippen MR) is 125 cm³/mol. The second-order valence-electron chi connectivity index (χ2n) is 7.62. The lowest BCUT2D eigenvalue weighted by Crippen LogP contribution is -2.38. The molecular weight excluding hydrogens is 426 g/mol. The lowest BCUT2D eigenvalue weighted by atomic mass is 10.1. The van der Waals surface area contributed by atoms with Gasteiger partial charge in [0.2, 0.25) is 5.91 Å². The van der Waals surface area contributed by atoms with Crippen molar-refractivity contribution in [3.8, 4) is 5.69 Å². The van der Waals surface area contributed by atoms with Crippen LogP contribution in [0.4, 0.5) is 0 Å². The zero-order valence-corrected chi connectivity index (χ0v) is 18.9. The van der Waals surface area contributed by atoms with Gasteiger partial charge in [-0.05, 0) is 44.0 Å². The Balaban J connectivity index is 1.71. The summed E-state index contributed by atoms with van der Waals surface area (Å²) in [6, 6.07) is 16.2. The van der Waals surface area contributed by atoms with Crippen LogP contribution in [0.25, 0.3) is 16.6 Å². The minimum absolute atomic E-state index is 0.271. The van der Waals surface area contributed by atoms with Crippen LogP contribution in [0.15, 0.2) is 59.4 Å². The number of rotatable bonds is 6. The van der Waals surface area contributed by atoms with Crippen molar-refractivity contribution in [1.29, 1.82) is 0 Å². The zero-order valence-electron chi connectivity index (χ0n) is 18.2. The van der Waals surface area contributed by atoms with E-state index in [1.54, 1.807) is 10.7 Å². The highest BCUT2D eigenvalue weighted by Crippen LogP contribution is 2.22. The van der Waals surface area contributed by atoms with Gasteiger partial charge in [0.1, 0.15) is 6.04 Å². The van der Waals surface area contributed by atoms with Crippen molar-refractivity contribution in [2.24, 2.45) is 0 Å². The Kier molecular flexibility index (Phi) is 6.10. The molecule has 0 unspecified atom stereocenters. The van der Waals surface area contributed by atoms with Crippen molar-refractivity contribution in [2.45, 2.75) is 39.8 Å². The molecule has 0 aliphatic heterocycles. The van der Waals surface area contributed by atoms with E-state index in [9.17, 15) is 9.59 Å². The van der Waals surface area contributed by atoms with Gasteiger partial charge in [-0.1, -0.05) is 54.9 Å². The van der Waals surface area contributed by atoms with Crippen molar-refractivity contribution in [1.82, 2.24) is 24.9 Å². The van der Waals surface area contributed by atoms with Crippen LogP contribution in [0.2, 0.25) is 5.02 Å². The van der Waals surface area contributed by atoms with E-state index in [0.717, 1.165) is 16.9 Å². The van der Waals surface area contributed by atoms with Gasteiger partial charge in [0.15, 0.2) is 5.52 Å². The molecule has 0 radical (unpaired) electrons. The van der Waals surface area contributed by atoms with Gasteiger partial charge in [0.05, 0.1) is 22.5 Å². The lowest BCUT2D eigenvalue weighted by Gasteiger charge is -2.17. The molecule has 0 spiro atoms. The fourth-order valence-electron chi connectivity index (χ4n) is 3.89. The van der Waals surface area contributed by atoms with Crippen LogP contribution in [-0.2, 0) is 11.3 Å². The highest BCUT2D eigenvalue weighted by Gasteiger charge is 2.25. The molecule has 0 bridgehead atoms. The van der Waals surface area contributed by atoms with E-state index in [2.05, 4.69) is 15.5 Å². The van der Waals surface area contributed by atoms with Crippen molar-refractivity contribution < 1.29 is 4.79 Å². The van der Waals surface area contributed by atoms with Gasteiger partial charge >= 0.3 is 0 Å². The van der Waals surface area contributed by atoms with Crippen molar-refractivity contribution >= 4 is 28.4 Å². The standard InChI is InChI=1S/C24H24ClN5O2/c1-4-20(23(31)26-14-17-10-8-9-13-19(17)25)30-24(32)22-21(15(2)27-30)16(3)29(28-22)18-11-6-5-7-12-18/h5-13,20H,4,14H2,1-3H3,(H,26,31)/t20-/m1/s1. The number of nitrogens with zero attached hydrogens (tertiary/aromatic N) is 4. The summed E-state index contributed by atoms with van der Waals surface area (Å²) < 4.78 is 2.99. The van der Waals surface area contributed by atoms with Crippen molar-refractivity contribution in [2.75, 3.05) is 0 Å². The van der Waals surface area contributed by atoms with E-state index in [0.29, 0.717) is 28.0 Å². The molecule has 0 saturated heterocycles. The summed E-state index contributed by atoms with van der Waals surface area (Å²) in [4.78, 5) is 26.3. The number of nitrogens with one attached hydrogen (secondary N) is 1. The molecule has 7 nitrogen and oxygen atoms in total. The summed E-state index contributed by atoms with van der Waals surface area (Å²) in [6.07, 6.45) is 0.407. The van der Waals surface area contributed by atoms with E-state index < -0.39 is 6.04 Å². The van der Waals surface area contributed by atoms with Gasteiger partial charge < -0.3 is 5.32 Å². The molecule has 2 aromatic heterocycles. The topological polar surface area (TPSA) is 81.8 Å². The monoisotopic (exact) mass is 449 g/mol. The number of carbonyl (C=O) groups excluding carboxylic acids is 1. The first-order valence-electron chi connectivity index (χ1n) is 10.5. The molecule has 8 heteroatoms. The molecule has 0 fully saturated rings. The largest absolute Gasteiger partial charge is 0.350 e. The van der Waals surface area contributed by atoms with E-state index in [-0.39, 0.29) is 18.0 Å². The van der Waals surface area contributed by atoms with Gasteiger partial charge in [0, 0.05) is 11.6 Å². The second-order valence-corrected chi connectivity index (χ2v) is 8.03. The van der Waals surface area contributed by atoms with Crippen LogP contribution in [0, 0.1) is 13.8 Å². The maximum Gasteiger partial charge on any atom is 0.295 e. The lowest BCUT2D eigenvalue weighted by molar-refractivity contribution is -0.125. The molecule has 32 heavy (non-hydrogen) atoms. The highest BCUT2D eigenvalue weighted by molar-refractivity contribution is 6.31. The number of amides is 1. The number of halogens is 1. The van der Waals surface area contributed by atoms with Crippen LogP contribution in [0.5, 0.6) is 0 Å². The Morgan fingerprint density at radius 2 is 1.75 bits per heavy atom. The molecule has 0 saturated carbocycles. The van der Waals surface area contributed by atoms with Gasteiger partial charge in [-0.2, -0.15) is 10.2 Å². The fraction of sp³-hybridized carbons (Fsp3) is 0.250. The molecule has 4 aromatic rings. The summed E-state index contributed by atoms with van der Waals surface area (Å²) in [5, 5.41) is 13.2. The number of hydrogen-bond acceptors (Lipinski definition) is 4. The zero-order chi connectivity index (χ0) is 22.8. The minimum atomic E-state index is -0.754. The number of carbonyl (C=O) groups is 1. The summed E-state index contributed by atoms with van der Waals surface area (Å²) in [6.45, 7) is 5.86. The second kappa shape index (κ2) is 8.96. The average molecular weight is 450 g/mol. The molecule has 4 rings (SSSR count). The van der Waals surface area contributed by atoms with Crippen molar-refractivity contribution in [3.63, 3.8) is 0 Å². The number of para-hydroxylation sites is 1. The van der Waals surface area contributed by atoms with E-state index in [4.69, 9.17) is 11.6 Å². The predicted octanol–water partition coefficient (Wildman–Crippen LogP) is 4.12. The molecule has 2 aromatic carbocycles.